The highest BCUT2D eigenvalue weighted by molar-refractivity contribution is 5.74. The van der Waals surface area contributed by atoms with Crippen molar-refractivity contribution in [3.8, 4) is 0 Å². The molecule has 0 spiro atoms. The van der Waals surface area contributed by atoms with Crippen molar-refractivity contribution in [1.82, 2.24) is 25.9 Å². The third kappa shape index (κ3) is 8.37. The molecule has 0 aromatic carbocycles. The van der Waals surface area contributed by atoms with E-state index in [0.717, 1.165) is 0 Å². The maximum atomic E-state index is 11.4. The van der Waals surface area contributed by atoms with Crippen molar-refractivity contribution in [1.29, 1.82) is 0 Å². The number of aromatic nitrogens is 2. The Balaban J connectivity index is 2.87. The summed E-state index contributed by atoms with van der Waals surface area (Å²) in [5.41, 5.74) is 0.381. The van der Waals surface area contributed by atoms with Crippen LogP contribution in [0.2, 0.25) is 0 Å². The lowest BCUT2D eigenvalue weighted by molar-refractivity contribution is -0.122. The number of rotatable bonds is 11. The van der Waals surface area contributed by atoms with Gasteiger partial charge in [0, 0.05) is 39.9 Å². The first-order valence-electron chi connectivity index (χ1n) is 9.29. The standard InChI is InChI=1S/C18H29N5O7/c1-9(25)19-7-16(29)17(23-11(3)27)18(30)13-6-20-12(5-21-13)4-15(28)14(8-24)22-10(2)26/h5-6,14-18,24,28-30H,4,7-8H2,1-3H3,(H,19,25)(H,22,26)(H,23,27)/t14-,15+,16+,17-,18?/m1/s1. The van der Waals surface area contributed by atoms with Gasteiger partial charge in [0.1, 0.15) is 6.10 Å². The summed E-state index contributed by atoms with van der Waals surface area (Å²) in [5, 5.41) is 47.5. The maximum Gasteiger partial charge on any atom is 0.217 e. The lowest BCUT2D eigenvalue weighted by Gasteiger charge is -2.28. The molecule has 0 aliphatic rings. The second-order valence-electron chi connectivity index (χ2n) is 6.87. The van der Waals surface area contributed by atoms with E-state index in [-0.39, 0.29) is 24.6 Å². The van der Waals surface area contributed by atoms with Crippen molar-refractivity contribution in [3.63, 3.8) is 0 Å². The minimum absolute atomic E-state index is 0.0187. The van der Waals surface area contributed by atoms with Crippen molar-refractivity contribution >= 4 is 17.7 Å². The molecule has 12 heteroatoms. The monoisotopic (exact) mass is 427 g/mol. The number of hydrogen-bond donors (Lipinski definition) is 7. The van der Waals surface area contributed by atoms with Crippen LogP contribution in [0.25, 0.3) is 0 Å². The number of nitrogens with one attached hydrogen (secondary N) is 3. The number of carbonyl (C=O) groups is 3. The lowest BCUT2D eigenvalue weighted by atomic mass is 10.0. The molecule has 7 N–H and O–H groups in total. The van der Waals surface area contributed by atoms with E-state index in [1.54, 1.807) is 0 Å². The van der Waals surface area contributed by atoms with Crippen LogP contribution < -0.4 is 16.0 Å². The van der Waals surface area contributed by atoms with Crippen molar-refractivity contribution in [2.45, 2.75) is 57.6 Å². The van der Waals surface area contributed by atoms with Crippen LogP contribution in [-0.4, -0.2) is 85.6 Å². The van der Waals surface area contributed by atoms with Gasteiger partial charge in [0.25, 0.3) is 0 Å². The first kappa shape index (κ1) is 25.4. The van der Waals surface area contributed by atoms with Crippen molar-refractivity contribution in [2.24, 2.45) is 0 Å². The smallest absolute Gasteiger partial charge is 0.217 e. The Morgan fingerprint density at radius 1 is 0.933 bits per heavy atom. The summed E-state index contributed by atoms with van der Waals surface area (Å²) in [6.07, 6.45) is -1.34. The van der Waals surface area contributed by atoms with E-state index in [0.29, 0.717) is 5.69 Å². The zero-order chi connectivity index (χ0) is 22.8. The molecule has 1 heterocycles. The molecule has 12 nitrogen and oxygen atoms in total. The number of carbonyl (C=O) groups excluding carboxylic acids is 3. The van der Waals surface area contributed by atoms with Gasteiger partial charge < -0.3 is 36.4 Å². The highest BCUT2D eigenvalue weighted by Gasteiger charge is 2.30. The Morgan fingerprint density at radius 3 is 2.03 bits per heavy atom. The van der Waals surface area contributed by atoms with Gasteiger partial charge in [-0.15, -0.1) is 0 Å². The summed E-state index contributed by atoms with van der Waals surface area (Å²) in [7, 11) is 0. The van der Waals surface area contributed by atoms with Gasteiger partial charge in [0.15, 0.2) is 0 Å². The van der Waals surface area contributed by atoms with E-state index in [1.807, 2.05) is 0 Å². The van der Waals surface area contributed by atoms with E-state index in [4.69, 9.17) is 0 Å². The number of nitrogens with zero attached hydrogens (tertiary/aromatic N) is 2. The normalized spacial score (nSPS) is 16.0. The average molecular weight is 427 g/mol. The fourth-order valence-electron chi connectivity index (χ4n) is 2.68. The molecule has 1 aromatic heterocycles. The van der Waals surface area contributed by atoms with Crippen LogP contribution in [0, 0.1) is 0 Å². The molecule has 0 aliphatic heterocycles. The van der Waals surface area contributed by atoms with E-state index in [1.165, 1.54) is 33.2 Å². The van der Waals surface area contributed by atoms with Gasteiger partial charge >= 0.3 is 0 Å². The SMILES string of the molecule is CC(=O)NC[C@H](O)[C@@H](NC(C)=O)C(O)c1cnc(C[C@H](O)[C@@H](CO)NC(C)=O)cn1. The summed E-state index contributed by atoms with van der Waals surface area (Å²) < 4.78 is 0. The van der Waals surface area contributed by atoms with Crippen LogP contribution in [0.5, 0.6) is 0 Å². The summed E-state index contributed by atoms with van der Waals surface area (Å²) in [6.45, 7) is 3.09. The number of aliphatic hydroxyl groups is 4. The van der Waals surface area contributed by atoms with E-state index >= 15 is 0 Å². The predicted molar refractivity (Wildman–Crippen MR) is 104 cm³/mol. The molecule has 1 unspecified atom stereocenters. The highest BCUT2D eigenvalue weighted by Crippen LogP contribution is 2.17. The molecule has 0 fully saturated rings. The highest BCUT2D eigenvalue weighted by atomic mass is 16.3. The largest absolute Gasteiger partial charge is 0.394 e. The molecular weight excluding hydrogens is 398 g/mol. The molecule has 5 atom stereocenters. The minimum atomic E-state index is -1.42. The van der Waals surface area contributed by atoms with E-state index in [2.05, 4.69) is 25.9 Å². The zero-order valence-electron chi connectivity index (χ0n) is 17.1. The van der Waals surface area contributed by atoms with Gasteiger partial charge in [-0.3, -0.25) is 24.4 Å². The third-order valence-corrected chi connectivity index (χ3v) is 4.18. The Labute approximate surface area is 173 Å². The van der Waals surface area contributed by atoms with Crippen molar-refractivity contribution in [2.75, 3.05) is 13.2 Å². The van der Waals surface area contributed by atoms with E-state index in [9.17, 15) is 34.8 Å². The first-order chi connectivity index (χ1) is 14.0. The number of hydrogen-bond acceptors (Lipinski definition) is 9. The summed E-state index contributed by atoms with van der Waals surface area (Å²) in [5.74, 6) is -1.28. The van der Waals surface area contributed by atoms with Gasteiger partial charge in [-0.05, 0) is 0 Å². The van der Waals surface area contributed by atoms with Crippen LogP contribution in [0.4, 0.5) is 0 Å². The molecule has 1 rings (SSSR count). The molecule has 1 aromatic rings. The van der Waals surface area contributed by atoms with Gasteiger partial charge in [-0.1, -0.05) is 0 Å². The zero-order valence-corrected chi connectivity index (χ0v) is 17.1. The molecule has 0 aliphatic carbocycles. The average Bonchev–Trinajstić information content (AvgIpc) is 2.68. The second kappa shape index (κ2) is 12.1. The fourth-order valence-corrected chi connectivity index (χ4v) is 2.68. The topological polar surface area (TPSA) is 194 Å². The first-order valence-corrected chi connectivity index (χ1v) is 9.29. The van der Waals surface area contributed by atoms with Crippen LogP contribution >= 0.6 is 0 Å². The number of amides is 3. The Hall–Kier alpha value is -2.67. The summed E-state index contributed by atoms with van der Waals surface area (Å²) >= 11 is 0. The molecular formula is C18H29N5O7. The Bertz CT molecular complexity index is 715. The molecule has 168 valence electrons. The van der Waals surface area contributed by atoms with Crippen LogP contribution in [0.3, 0.4) is 0 Å². The third-order valence-electron chi connectivity index (χ3n) is 4.18. The summed E-state index contributed by atoms with van der Waals surface area (Å²) in [4.78, 5) is 41.7. The fraction of sp³-hybridized carbons (Fsp3) is 0.611. The minimum Gasteiger partial charge on any atom is -0.394 e. The van der Waals surface area contributed by atoms with Gasteiger partial charge in [0.2, 0.25) is 17.7 Å². The van der Waals surface area contributed by atoms with Gasteiger partial charge in [-0.2, -0.15) is 0 Å². The van der Waals surface area contributed by atoms with Crippen molar-refractivity contribution < 1.29 is 34.8 Å². The Kier molecular flexibility index (Phi) is 10.3. The second-order valence-corrected chi connectivity index (χ2v) is 6.87. The molecule has 0 saturated carbocycles. The van der Waals surface area contributed by atoms with Gasteiger partial charge in [0.05, 0.1) is 48.5 Å². The quantitative estimate of drug-likeness (QED) is 0.192. The molecule has 0 saturated heterocycles. The van der Waals surface area contributed by atoms with Crippen molar-refractivity contribution in [3.05, 3.63) is 23.8 Å². The lowest BCUT2D eigenvalue weighted by Crippen LogP contribution is -2.50. The molecule has 3 amide bonds. The molecule has 30 heavy (non-hydrogen) atoms. The predicted octanol–water partition coefficient (Wildman–Crippen LogP) is -3.09. The van der Waals surface area contributed by atoms with Gasteiger partial charge in [-0.25, -0.2) is 0 Å². The van der Waals surface area contributed by atoms with Crippen LogP contribution in [0.15, 0.2) is 12.4 Å². The Morgan fingerprint density at radius 2 is 1.57 bits per heavy atom. The van der Waals surface area contributed by atoms with Crippen LogP contribution in [-0.2, 0) is 20.8 Å². The number of aliphatic hydroxyl groups excluding tert-OH is 4. The van der Waals surface area contributed by atoms with E-state index < -0.39 is 48.8 Å². The van der Waals surface area contributed by atoms with Crippen LogP contribution in [0.1, 0.15) is 38.3 Å². The maximum absolute atomic E-state index is 11.4. The summed E-state index contributed by atoms with van der Waals surface area (Å²) in [6, 6.07) is -2.03. The molecule has 0 radical (unpaired) electrons. The molecule has 0 bridgehead atoms.